The number of benzene rings is 1. The van der Waals surface area contributed by atoms with Gasteiger partial charge in [-0.1, -0.05) is 32.4 Å². The Hall–Kier alpha value is -2.57. The summed E-state index contributed by atoms with van der Waals surface area (Å²) in [5.41, 5.74) is 1.11. The van der Waals surface area contributed by atoms with E-state index in [1.54, 1.807) is 11.0 Å². The molecular weight excluding hydrogens is 484 g/mol. The van der Waals surface area contributed by atoms with Crippen molar-refractivity contribution >= 4 is 11.8 Å². The summed E-state index contributed by atoms with van der Waals surface area (Å²) < 4.78 is 35.5. The predicted octanol–water partition coefficient (Wildman–Crippen LogP) is 7.76. The van der Waals surface area contributed by atoms with Gasteiger partial charge in [-0.15, -0.1) is 0 Å². The summed E-state index contributed by atoms with van der Waals surface area (Å²) >= 11 is 0. The molecule has 1 amide bonds. The number of hydrogen-bond acceptors (Lipinski definition) is 4. The first-order valence-corrected chi connectivity index (χ1v) is 13.9. The zero-order chi connectivity index (χ0) is 29.1. The Labute approximate surface area is 229 Å². The van der Waals surface area contributed by atoms with Crippen LogP contribution in [0.3, 0.4) is 0 Å². The maximum absolute atomic E-state index is 15.1. The number of hydrogen-bond donors (Lipinski definition) is 0. The number of carbonyl (C=O) groups excluding carboxylic acids is 1. The second-order valence-electron chi connectivity index (χ2n) is 11.5. The molecule has 1 aliphatic heterocycles. The van der Waals surface area contributed by atoms with Crippen molar-refractivity contribution in [3.63, 3.8) is 0 Å². The van der Waals surface area contributed by atoms with Crippen molar-refractivity contribution in [1.82, 2.24) is 9.80 Å². The number of rotatable bonds is 5. The largest absolute Gasteiger partial charge is 0.444 e. The van der Waals surface area contributed by atoms with Crippen molar-refractivity contribution in [3.8, 4) is 0 Å². The molecule has 38 heavy (non-hydrogen) atoms. The Balaban J connectivity index is 0.00000247. The average molecular weight is 534 g/mol. The van der Waals surface area contributed by atoms with Gasteiger partial charge in [0.05, 0.1) is 0 Å². The highest BCUT2D eigenvalue weighted by molar-refractivity contribution is 5.68. The zero-order valence-corrected chi connectivity index (χ0v) is 25.5. The van der Waals surface area contributed by atoms with Gasteiger partial charge < -0.3 is 19.4 Å². The van der Waals surface area contributed by atoms with Gasteiger partial charge in [0, 0.05) is 56.7 Å². The molecule has 1 aliphatic carbocycles. The van der Waals surface area contributed by atoms with Crippen LogP contribution in [-0.2, 0) is 16.8 Å². The van der Waals surface area contributed by atoms with Crippen LogP contribution in [0.25, 0.3) is 0 Å². The number of allylic oxidation sites excluding steroid dienone is 3. The summed E-state index contributed by atoms with van der Waals surface area (Å²) in [6.45, 7) is 21.3. The number of amides is 1. The third-order valence-electron chi connectivity index (χ3n) is 7.60. The van der Waals surface area contributed by atoms with Gasteiger partial charge in [-0.05, 0) is 84.2 Å². The van der Waals surface area contributed by atoms with Crippen molar-refractivity contribution in [3.05, 3.63) is 52.4 Å². The van der Waals surface area contributed by atoms with E-state index in [9.17, 15) is 9.18 Å². The summed E-state index contributed by atoms with van der Waals surface area (Å²) in [4.78, 5) is 18.6. The third-order valence-corrected chi connectivity index (χ3v) is 7.60. The maximum Gasteiger partial charge on any atom is 0.410 e. The Morgan fingerprint density at radius 2 is 1.63 bits per heavy atom. The van der Waals surface area contributed by atoms with Gasteiger partial charge >= 0.3 is 6.09 Å². The van der Waals surface area contributed by atoms with Crippen LogP contribution in [0, 0.1) is 0 Å². The van der Waals surface area contributed by atoms with E-state index in [-0.39, 0.29) is 12.5 Å². The third kappa shape index (κ3) is 6.89. The van der Waals surface area contributed by atoms with Crippen LogP contribution in [0.2, 0.25) is 0 Å². The normalized spacial score (nSPS) is 24.3. The molecule has 1 aromatic rings. The predicted molar refractivity (Wildman–Crippen MR) is 154 cm³/mol. The van der Waals surface area contributed by atoms with Gasteiger partial charge in [0.15, 0.2) is 5.67 Å². The van der Waals surface area contributed by atoms with E-state index in [2.05, 4.69) is 29.7 Å². The first kappa shape index (κ1) is 31.6. The summed E-state index contributed by atoms with van der Waals surface area (Å²) in [7, 11) is 1.98. The number of anilines is 1. The van der Waals surface area contributed by atoms with Crippen LogP contribution >= 0.6 is 0 Å². The number of piperazine rings is 1. The standard InChI is InChI=1S/C29H43F2N3O2.C2H6/c1-10-20(2)25(33-13-15-34(16-14-33)26(35)36-27(4,5)6)17-21(3)32(9)23-11-12-24-22(18-23)19-28(7,30)29(24,8)31;1-2/h11-12,17-18H,10,13-16,19H2,1-9H3;1-2H3/b21-17-,25-20?;. The van der Waals surface area contributed by atoms with Crippen LogP contribution < -0.4 is 4.90 Å². The van der Waals surface area contributed by atoms with Crippen LogP contribution in [0.15, 0.2) is 41.2 Å². The molecule has 0 radical (unpaired) electrons. The van der Waals surface area contributed by atoms with E-state index < -0.39 is 16.9 Å². The van der Waals surface area contributed by atoms with E-state index in [0.29, 0.717) is 18.7 Å². The molecule has 3 rings (SSSR count). The van der Waals surface area contributed by atoms with Crippen molar-refractivity contribution in [1.29, 1.82) is 0 Å². The van der Waals surface area contributed by atoms with E-state index >= 15 is 4.39 Å². The Bertz CT molecular complexity index is 1050. The second-order valence-corrected chi connectivity index (χ2v) is 11.5. The topological polar surface area (TPSA) is 36.0 Å². The highest BCUT2D eigenvalue weighted by Gasteiger charge is 2.53. The maximum atomic E-state index is 15.1. The molecule has 0 spiro atoms. The molecular formula is C31H49F2N3O2. The van der Waals surface area contributed by atoms with E-state index in [4.69, 9.17) is 4.74 Å². The van der Waals surface area contributed by atoms with Crippen molar-refractivity contribution < 1.29 is 18.3 Å². The van der Waals surface area contributed by atoms with Gasteiger partial charge in [-0.3, -0.25) is 0 Å². The Morgan fingerprint density at radius 3 is 2.16 bits per heavy atom. The molecule has 2 unspecified atom stereocenters. The van der Waals surface area contributed by atoms with Crippen molar-refractivity contribution in [2.24, 2.45) is 0 Å². The Kier molecular flexibility index (Phi) is 10.1. The summed E-state index contributed by atoms with van der Waals surface area (Å²) in [6, 6.07) is 5.50. The molecule has 0 bridgehead atoms. The first-order chi connectivity index (χ1) is 17.6. The van der Waals surface area contributed by atoms with Gasteiger partial charge in [-0.2, -0.15) is 0 Å². The lowest BCUT2D eigenvalue weighted by Crippen LogP contribution is -2.49. The smallest absolute Gasteiger partial charge is 0.410 e. The number of alkyl halides is 2. The van der Waals surface area contributed by atoms with Gasteiger partial charge in [0.2, 0.25) is 0 Å². The van der Waals surface area contributed by atoms with Crippen LogP contribution in [0.4, 0.5) is 19.3 Å². The van der Waals surface area contributed by atoms with E-state index in [0.717, 1.165) is 42.2 Å². The van der Waals surface area contributed by atoms with E-state index in [1.165, 1.54) is 19.4 Å². The molecule has 0 saturated carbocycles. The highest BCUT2D eigenvalue weighted by atomic mass is 19.2. The minimum Gasteiger partial charge on any atom is -0.444 e. The fourth-order valence-corrected chi connectivity index (χ4v) is 4.82. The number of ether oxygens (including phenoxy) is 1. The number of halogens is 2. The van der Waals surface area contributed by atoms with Crippen molar-refractivity contribution in [2.75, 3.05) is 38.1 Å². The zero-order valence-electron chi connectivity index (χ0n) is 25.5. The van der Waals surface area contributed by atoms with Gasteiger partial charge in [-0.25, -0.2) is 13.6 Å². The highest BCUT2D eigenvalue weighted by Crippen LogP contribution is 2.50. The molecule has 1 saturated heterocycles. The summed E-state index contributed by atoms with van der Waals surface area (Å²) in [6.07, 6.45) is 2.89. The lowest BCUT2D eigenvalue weighted by molar-refractivity contribution is -0.00159. The molecule has 1 heterocycles. The first-order valence-electron chi connectivity index (χ1n) is 13.9. The van der Waals surface area contributed by atoms with Crippen molar-refractivity contribution in [2.45, 2.75) is 99.0 Å². The lowest BCUT2D eigenvalue weighted by Gasteiger charge is -2.38. The van der Waals surface area contributed by atoms with Crippen LogP contribution in [-0.4, -0.2) is 60.4 Å². The molecule has 7 heteroatoms. The molecule has 2 aliphatic rings. The number of carbonyl (C=O) groups is 1. The fraction of sp³-hybridized carbons (Fsp3) is 0.645. The molecule has 1 fully saturated rings. The second kappa shape index (κ2) is 12.1. The fourth-order valence-electron chi connectivity index (χ4n) is 4.82. The Morgan fingerprint density at radius 1 is 1.08 bits per heavy atom. The lowest BCUT2D eigenvalue weighted by atomic mass is 9.90. The molecule has 214 valence electrons. The molecule has 5 nitrogen and oxygen atoms in total. The van der Waals surface area contributed by atoms with Gasteiger partial charge in [0.1, 0.15) is 11.3 Å². The van der Waals surface area contributed by atoms with Gasteiger partial charge in [0.25, 0.3) is 0 Å². The SMILES string of the molecule is CC.CCC(C)=C(/C=C(/C)N(C)c1ccc2c(c1)CC(C)(F)C2(C)F)N1CCN(C(=O)OC(C)(C)C)CC1. The monoisotopic (exact) mass is 533 g/mol. The quantitative estimate of drug-likeness (QED) is 0.363. The number of fused-ring (bicyclic) bond motifs is 1. The average Bonchev–Trinajstić information content (AvgIpc) is 3.04. The minimum atomic E-state index is -1.99. The van der Waals surface area contributed by atoms with Crippen LogP contribution in [0.1, 0.15) is 86.8 Å². The number of nitrogens with zero attached hydrogens (tertiary/aromatic N) is 3. The summed E-state index contributed by atoms with van der Waals surface area (Å²) in [5.74, 6) is 0. The summed E-state index contributed by atoms with van der Waals surface area (Å²) in [5, 5.41) is 0. The molecule has 0 aromatic heterocycles. The minimum absolute atomic E-state index is 0.0712. The van der Waals surface area contributed by atoms with E-state index in [1.807, 2.05) is 60.7 Å². The van der Waals surface area contributed by atoms with Crippen LogP contribution in [0.5, 0.6) is 0 Å². The molecule has 2 atom stereocenters. The molecule has 0 N–H and O–H groups in total. The molecule has 1 aromatic carbocycles.